The Balaban J connectivity index is 2.34. The molecular formula is C14H11FN2OS. The number of nitrogens with zero attached hydrogens (tertiary/aromatic N) is 2. The fourth-order valence-electron chi connectivity index (χ4n) is 1.70. The van der Waals surface area contributed by atoms with Crippen LogP contribution in [0.5, 0.6) is 0 Å². The number of hydrogen-bond donors (Lipinski definition) is 0. The monoisotopic (exact) mass is 274 g/mol. The van der Waals surface area contributed by atoms with Crippen LogP contribution in [-0.4, -0.2) is 12.5 Å². The van der Waals surface area contributed by atoms with Gasteiger partial charge in [0.2, 0.25) is 0 Å². The molecule has 0 unspecified atom stereocenters. The summed E-state index contributed by atoms with van der Waals surface area (Å²) in [5.41, 5.74) is 0.205. The van der Waals surface area contributed by atoms with Crippen LogP contribution >= 0.6 is 11.3 Å². The van der Waals surface area contributed by atoms with Gasteiger partial charge in [0.1, 0.15) is 5.82 Å². The second kappa shape index (κ2) is 6.12. The lowest BCUT2D eigenvalue weighted by molar-refractivity contribution is 0.0990. The van der Waals surface area contributed by atoms with Gasteiger partial charge < -0.3 is 4.90 Å². The van der Waals surface area contributed by atoms with Gasteiger partial charge in [-0.15, -0.1) is 11.3 Å². The predicted molar refractivity (Wildman–Crippen MR) is 72.6 cm³/mol. The molecular weight excluding hydrogens is 263 g/mol. The molecule has 2 aromatic rings. The second-order valence-corrected chi connectivity index (χ2v) is 4.74. The van der Waals surface area contributed by atoms with Crippen LogP contribution in [0.3, 0.4) is 0 Å². The lowest BCUT2D eigenvalue weighted by Crippen LogP contribution is -2.32. The number of rotatable bonds is 4. The third kappa shape index (κ3) is 2.98. The van der Waals surface area contributed by atoms with Gasteiger partial charge in [-0.2, -0.15) is 5.26 Å². The van der Waals surface area contributed by atoms with Gasteiger partial charge in [0.15, 0.2) is 0 Å². The molecule has 0 aliphatic heterocycles. The molecule has 0 saturated heterocycles. The smallest absolute Gasteiger partial charge is 0.268 e. The van der Waals surface area contributed by atoms with E-state index in [0.29, 0.717) is 4.88 Å². The number of hydrogen-bond acceptors (Lipinski definition) is 3. The maximum absolute atomic E-state index is 13.8. The molecule has 1 aromatic carbocycles. The molecule has 2 rings (SSSR count). The van der Waals surface area contributed by atoms with Crippen LogP contribution < -0.4 is 4.90 Å². The molecule has 0 aliphatic rings. The number of halogens is 1. The van der Waals surface area contributed by atoms with E-state index in [0.717, 1.165) is 0 Å². The van der Waals surface area contributed by atoms with Crippen LogP contribution in [0.4, 0.5) is 10.1 Å². The lowest BCUT2D eigenvalue weighted by atomic mass is 10.2. The summed E-state index contributed by atoms with van der Waals surface area (Å²) in [6.45, 7) is 0.175. The maximum atomic E-state index is 13.8. The number of carbonyl (C=O) groups excluding carboxylic acids is 1. The molecule has 0 fully saturated rings. The van der Waals surface area contributed by atoms with Crippen LogP contribution in [-0.2, 0) is 0 Å². The van der Waals surface area contributed by atoms with Crippen molar-refractivity contribution < 1.29 is 9.18 Å². The highest BCUT2D eigenvalue weighted by molar-refractivity contribution is 7.12. The first-order valence-electron chi connectivity index (χ1n) is 5.71. The first-order chi connectivity index (χ1) is 9.24. The van der Waals surface area contributed by atoms with Crippen molar-refractivity contribution >= 4 is 22.9 Å². The predicted octanol–water partition coefficient (Wildman–Crippen LogP) is 3.45. The number of amides is 1. The Morgan fingerprint density at radius 2 is 2.11 bits per heavy atom. The molecule has 3 nitrogen and oxygen atoms in total. The number of anilines is 1. The van der Waals surface area contributed by atoms with E-state index < -0.39 is 5.82 Å². The SMILES string of the molecule is N#CCCN(C(=O)c1cccs1)c1ccccc1F. The maximum Gasteiger partial charge on any atom is 0.268 e. The van der Waals surface area contributed by atoms with E-state index in [2.05, 4.69) is 0 Å². The van der Waals surface area contributed by atoms with Crippen molar-refractivity contribution in [2.24, 2.45) is 0 Å². The molecule has 1 heterocycles. The number of nitriles is 1. The van der Waals surface area contributed by atoms with Crippen molar-refractivity contribution in [3.63, 3.8) is 0 Å². The van der Waals surface area contributed by atoms with Crippen LogP contribution in [0.2, 0.25) is 0 Å². The Bertz CT molecular complexity index is 604. The van der Waals surface area contributed by atoms with Crippen molar-refractivity contribution in [1.29, 1.82) is 5.26 Å². The number of thiophene rings is 1. The molecule has 19 heavy (non-hydrogen) atoms. The molecule has 96 valence electrons. The van der Waals surface area contributed by atoms with E-state index in [1.165, 1.54) is 28.4 Å². The highest BCUT2D eigenvalue weighted by atomic mass is 32.1. The molecule has 0 saturated carbocycles. The second-order valence-electron chi connectivity index (χ2n) is 3.79. The number of benzene rings is 1. The Kier molecular flexibility index (Phi) is 4.26. The Hall–Kier alpha value is -2.19. The molecule has 0 radical (unpaired) electrons. The zero-order valence-corrected chi connectivity index (χ0v) is 10.9. The van der Waals surface area contributed by atoms with Gasteiger partial charge in [-0.3, -0.25) is 4.79 Å². The number of para-hydroxylation sites is 1. The normalized spacial score (nSPS) is 9.89. The van der Waals surface area contributed by atoms with Gasteiger partial charge >= 0.3 is 0 Å². The molecule has 0 atom stereocenters. The highest BCUT2D eigenvalue weighted by Gasteiger charge is 2.20. The van der Waals surface area contributed by atoms with E-state index in [4.69, 9.17) is 5.26 Å². The Morgan fingerprint density at radius 1 is 1.32 bits per heavy atom. The third-order valence-corrected chi connectivity index (χ3v) is 3.43. The van der Waals surface area contributed by atoms with Crippen LogP contribution in [0.1, 0.15) is 16.1 Å². The molecule has 5 heteroatoms. The third-order valence-electron chi connectivity index (χ3n) is 2.57. The Labute approximate surface area is 114 Å². The van der Waals surface area contributed by atoms with E-state index >= 15 is 0 Å². The summed E-state index contributed by atoms with van der Waals surface area (Å²) in [5, 5.41) is 10.5. The lowest BCUT2D eigenvalue weighted by Gasteiger charge is -2.21. The van der Waals surface area contributed by atoms with Gasteiger partial charge in [-0.1, -0.05) is 18.2 Å². The summed E-state index contributed by atoms with van der Waals surface area (Å²) >= 11 is 1.30. The summed E-state index contributed by atoms with van der Waals surface area (Å²) < 4.78 is 13.8. The summed E-state index contributed by atoms with van der Waals surface area (Å²) in [5.74, 6) is -0.749. The van der Waals surface area contributed by atoms with Crippen LogP contribution in [0.25, 0.3) is 0 Å². The molecule has 0 aliphatic carbocycles. The Morgan fingerprint density at radius 3 is 2.74 bits per heavy atom. The van der Waals surface area contributed by atoms with Crippen molar-refractivity contribution in [2.75, 3.05) is 11.4 Å². The van der Waals surface area contributed by atoms with E-state index in [1.807, 2.05) is 6.07 Å². The average molecular weight is 274 g/mol. The van der Waals surface area contributed by atoms with E-state index in [9.17, 15) is 9.18 Å². The van der Waals surface area contributed by atoms with Gasteiger partial charge in [0.25, 0.3) is 5.91 Å². The summed E-state index contributed by atoms with van der Waals surface area (Å²) in [6, 6.07) is 11.5. The minimum Gasteiger partial charge on any atom is -0.304 e. The zero-order chi connectivity index (χ0) is 13.7. The first kappa shape index (κ1) is 13.2. The van der Waals surface area contributed by atoms with Gasteiger partial charge in [0, 0.05) is 6.54 Å². The zero-order valence-electron chi connectivity index (χ0n) is 10.0. The summed E-state index contributed by atoms with van der Waals surface area (Å²) in [4.78, 5) is 14.2. The molecule has 0 spiro atoms. The largest absolute Gasteiger partial charge is 0.304 e. The van der Waals surface area contributed by atoms with Crippen LogP contribution in [0.15, 0.2) is 41.8 Å². The molecule has 0 N–H and O–H groups in total. The summed E-state index contributed by atoms with van der Waals surface area (Å²) in [6.07, 6.45) is 0.158. The minimum absolute atomic E-state index is 0.158. The van der Waals surface area contributed by atoms with Gasteiger partial charge in [0.05, 0.1) is 23.1 Å². The molecule has 1 amide bonds. The van der Waals surface area contributed by atoms with Gasteiger partial charge in [-0.05, 0) is 23.6 Å². The van der Waals surface area contributed by atoms with Crippen molar-refractivity contribution in [2.45, 2.75) is 6.42 Å². The van der Waals surface area contributed by atoms with E-state index in [1.54, 1.807) is 29.6 Å². The average Bonchev–Trinajstić information content (AvgIpc) is 2.94. The standard InChI is InChI=1S/C14H11FN2OS/c15-11-5-1-2-6-12(11)17(9-4-8-16)14(18)13-7-3-10-19-13/h1-3,5-7,10H,4,9H2. The molecule has 0 bridgehead atoms. The first-order valence-corrected chi connectivity index (χ1v) is 6.59. The van der Waals surface area contributed by atoms with E-state index in [-0.39, 0.29) is 24.6 Å². The van der Waals surface area contributed by atoms with Crippen LogP contribution in [0, 0.1) is 17.1 Å². The fraction of sp³-hybridized carbons (Fsp3) is 0.143. The fourth-order valence-corrected chi connectivity index (χ4v) is 2.37. The topological polar surface area (TPSA) is 44.1 Å². The quantitative estimate of drug-likeness (QED) is 0.857. The van der Waals surface area contributed by atoms with Crippen molar-refractivity contribution in [1.82, 2.24) is 0 Å². The molecule has 1 aromatic heterocycles. The van der Waals surface area contributed by atoms with Crippen molar-refractivity contribution in [3.05, 3.63) is 52.5 Å². The summed E-state index contributed by atoms with van der Waals surface area (Å²) in [7, 11) is 0. The number of carbonyl (C=O) groups is 1. The highest BCUT2D eigenvalue weighted by Crippen LogP contribution is 2.22. The van der Waals surface area contributed by atoms with Gasteiger partial charge in [-0.25, -0.2) is 4.39 Å². The van der Waals surface area contributed by atoms with Crippen molar-refractivity contribution in [3.8, 4) is 6.07 Å². The minimum atomic E-state index is -0.467.